The molecule has 0 bridgehead atoms. The molecular formula is C27H23N5O. The minimum absolute atomic E-state index is 0.180. The minimum Gasteiger partial charge on any atom is -0.384 e. The number of nitrogens with zero attached hydrogens (tertiary/aromatic N) is 3. The second kappa shape index (κ2) is 10.7. The normalized spacial score (nSPS) is 10.3. The highest BCUT2D eigenvalue weighted by Crippen LogP contribution is 2.26. The SMILES string of the molecule is N#Cc1ccccc1CCNc1ccccc1-c1ccc(C(=O)NCc2cccnc2)cn1. The van der Waals surface area contributed by atoms with Crippen molar-refractivity contribution in [2.24, 2.45) is 0 Å². The predicted molar refractivity (Wildman–Crippen MR) is 128 cm³/mol. The van der Waals surface area contributed by atoms with Crippen molar-refractivity contribution in [3.8, 4) is 17.3 Å². The summed E-state index contributed by atoms with van der Waals surface area (Å²) in [5.41, 5.74) is 5.84. The topological polar surface area (TPSA) is 90.7 Å². The third-order valence-corrected chi connectivity index (χ3v) is 5.25. The van der Waals surface area contributed by atoms with Gasteiger partial charge < -0.3 is 10.6 Å². The van der Waals surface area contributed by atoms with Crippen LogP contribution in [-0.2, 0) is 13.0 Å². The number of anilines is 1. The molecule has 162 valence electrons. The monoisotopic (exact) mass is 433 g/mol. The van der Waals surface area contributed by atoms with E-state index in [1.54, 1.807) is 24.7 Å². The lowest BCUT2D eigenvalue weighted by Crippen LogP contribution is -2.22. The first-order valence-electron chi connectivity index (χ1n) is 10.7. The number of amides is 1. The second-order valence-electron chi connectivity index (χ2n) is 7.47. The van der Waals surface area contributed by atoms with Crippen molar-refractivity contribution in [1.82, 2.24) is 15.3 Å². The average Bonchev–Trinajstić information content (AvgIpc) is 2.88. The van der Waals surface area contributed by atoms with Gasteiger partial charge in [-0.2, -0.15) is 5.26 Å². The predicted octanol–water partition coefficient (Wildman–Crippen LogP) is 4.60. The van der Waals surface area contributed by atoms with Gasteiger partial charge in [-0.1, -0.05) is 42.5 Å². The summed E-state index contributed by atoms with van der Waals surface area (Å²) in [6, 6.07) is 25.2. The Balaban J connectivity index is 1.41. The molecule has 0 saturated carbocycles. The van der Waals surface area contributed by atoms with Gasteiger partial charge in [-0.3, -0.25) is 14.8 Å². The van der Waals surface area contributed by atoms with E-state index in [1.807, 2.05) is 66.7 Å². The highest BCUT2D eigenvalue weighted by molar-refractivity contribution is 5.94. The summed E-state index contributed by atoms with van der Waals surface area (Å²) < 4.78 is 0. The first-order chi connectivity index (χ1) is 16.2. The molecule has 2 aromatic carbocycles. The highest BCUT2D eigenvalue weighted by Gasteiger charge is 2.10. The molecule has 2 aromatic heterocycles. The van der Waals surface area contributed by atoms with Gasteiger partial charge in [0.15, 0.2) is 0 Å². The number of hydrogen-bond acceptors (Lipinski definition) is 5. The molecule has 0 radical (unpaired) electrons. The van der Waals surface area contributed by atoms with Crippen LogP contribution >= 0.6 is 0 Å². The first-order valence-corrected chi connectivity index (χ1v) is 10.7. The molecule has 6 nitrogen and oxygen atoms in total. The largest absolute Gasteiger partial charge is 0.384 e. The Hall–Kier alpha value is -4.50. The van der Waals surface area contributed by atoms with E-state index in [4.69, 9.17) is 0 Å². The van der Waals surface area contributed by atoms with E-state index in [-0.39, 0.29) is 5.91 Å². The van der Waals surface area contributed by atoms with Gasteiger partial charge in [0, 0.05) is 42.9 Å². The Morgan fingerprint density at radius 1 is 0.939 bits per heavy atom. The lowest BCUT2D eigenvalue weighted by atomic mass is 10.0. The molecule has 0 atom stereocenters. The number of nitrogens with one attached hydrogen (secondary N) is 2. The fourth-order valence-corrected chi connectivity index (χ4v) is 3.51. The van der Waals surface area contributed by atoms with Crippen LogP contribution in [0.5, 0.6) is 0 Å². The zero-order valence-electron chi connectivity index (χ0n) is 18.0. The van der Waals surface area contributed by atoms with Crippen LogP contribution in [-0.4, -0.2) is 22.4 Å². The zero-order chi connectivity index (χ0) is 22.9. The molecule has 6 heteroatoms. The van der Waals surface area contributed by atoms with E-state index >= 15 is 0 Å². The molecule has 0 spiro atoms. The molecular weight excluding hydrogens is 410 g/mol. The van der Waals surface area contributed by atoms with Crippen molar-refractivity contribution in [1.29, 1.82) is 5.26 Å². The second-order valence-corrected chi connectivity index (χ2v) is 7.47. The smallest absolute Gasteiger partial charge is 0.253 e. The molecule has 2 heterocycles. The van der Waals surface area contributed by atoms with Crippen molar-refractivity contribution >= 4 is 11.6 Å². The van der Waals surface area contributed by atoms with Gasteiger partial charge in [0.1, 0.15) is 0 Å². The van der Waals surface area contributed by atoms with Crippen LogP contribution in [0.4, 0.5) is 5.69 Å². The van der Waals surface area contributed by atoms with E-state index in [2.05, 4.69) is 26.7 Å². The van der Waals surface area contributed by atoms with Crippen LogP contribution in [0.3, 0.4) is 0 Å². The lowest BCUT2D eigenvalue weighted by molar-refractivity contribution is 0.0950. The number of carbonyl (C=O) groups is 1. The number of para-hydroxylation sites is 1. The molecule has 2 N–H and O–H groups in total. The van der Waals surface area contributed by atoms with Crippen molar-refractivity contribution in [3.05, 3.63) is 114 Å². The van der Waals surface area contributed by atoms with Gasteiger partial charge in [0.2, 0.25) is 0 Å². The number of nitriles is 1. The third kappa shape index (κ3) is 5.60. The molecule has 4 rings (SSSR count). The van der Waals surface area contributed by atoms with Crippen molar-refractivity contribution in [3.63, 3.8) is 0 Å². The third-order valence-electron chi connectivity index (χ3n) is 5.25. The van der Waals surface area contributed by atoms with E-state index < -0.39 is 0 Å². The number of benzene rings is 2. The van der Waals surface area contributed by atoms with Gasteiger partial charge in [-0.05, 0) is 47.9 Å². The number of carbonyl (C=O) groups excluding carboxylic acids is 1. The maximum absolute atomic E-state index is 12.5. The van der Waals surface area contributed by atoms with Crippen molar-refractivity contribution < 1.29 is 4.79 Å². The van der Waals surface area contributed by atoms with Gasteiger partial charge in [-0.25, -0.2) is 0 Å². The average molecular weight is 434 g/mol. The van der Waals surface area contributed by atoms with E-state index in [1.165, 1.54) is 0 Å². The fourth-order valence-electron chi connectivity index (χ4n) is 3.51. The maximum Gasteiger partial charge on any atom is 0.253 e. The maximum atomic E-state index is 12.5. The highest BCUT2D eigenvalue weighted by atomic mass is 16.1. The molecule has 0 aliphatic heterocycles. The minimum atomic E-state index is -0.180. The first kappa shape index (κ1) is 21.7. The Bertz CT molecular complexity index is 1260. The van der Waals surface area contributed by atoms with Crippen molar-refractivity contribution in [2.45, 2.75) is 13.0 Å². The number of hydrogen-bond donors (Lipinski definition) is 2. The summed E-state index contributed by atoms with van der Waals surface area (Å²) in [5, 5.41) is 15.6. The summed E-state index contributed by atoms with van der Waals surface area (Å²) in [5.74, 6) is -0.180. The van der Waals surface area contributed by atoms with Crippen LogP contribution in [0.15, 0.2) is 91.4 Å². The molecule has 0 saturated heterocycles. The van der Waals surface area contributed by atoms with Gasteiger partial charge in [0.25, 0.3) is 5.91 Å². The molecule has 0 unspecified atom stereocenters. The van der Waals surface area contributed by atoms with E-state index in [0.29, 0.717) is 24.2 Å². The van der Waals surface area contributed by atoms with Crippen LogP contribution < -0.4 is 10.6 Å². The summed E-state index contributed by atoms with van der Waals surface area (Å²) in [6.45, 7) is 1.10. The van der Waals surface area contributed by atoms with Gasteiger partial charge >= 0.3 is 0 Å². The fraction of sp³-hybridized carbons (Fsp3) is 0.111. The molecule has 0 aliphatic carbocycles. The van der Waals surface area contributed by atoms with Crippen molar-refractivity contribution in [2.75, 3.05) is 11.9 Å². The molecule has 0 fully saturated rings. The summed E-state index contributed by atoms with van der Waals surface area (Å²) >= 11 is 0. The van der Waals surface area contributed by atoms with E-state index in [9.17, 15) is 10.1 Å². The Morgan fingerprint density at radius 2 is 1.79 bits per heavy atom. The van der Waals surface area contributed by atoms with Crippen LogP contribution in [0, 0.1) is 11.3 Å². The quantitative estimate of drug-likeness (QED) is 0.424. The zero-order valence-corrected chi connectivity index (χ0v) is 18.0. The summed E-state index contributed by atoms with van der Waals surface area (Å²) in [7, 11) is 0. The molecule has 33 heavy (non-hydrogen) atoms. The Kier molecular flexibility index (Phi) is 7.04. The standard InChI is InChI=1S/C27H23N5O/c28-16-22-8-2-1-7-21(22)13-15-30-25-10-4-3-9-24(25)26-12-11-23(19-31-26)27(33)32-18-20-6-5-14-29-17-20/h1-12,14,17,19,30H,13,15,18H2,(H,32,33). The van der Waals surface area contributed by atoms with Crippen LogP contribution in [0.1, 0.15) is 27.0 Å². The van der Waals surface area contributed by atoms with Gasteiger partial charge in [-0.15, -0.1) is 0 Å². The van der Waals surface area contributed by atoms with Gasteiger partial charge in [0.05, 0.1) is 22.9 Å². The Morgan fingerprint density at radius 3 is 2.58 bits per heavy atom. The summed E-state index contributed by atoms with van der Waals surface area (Å²) in [4.78, 5) is 21.0. The molecule has 1 amide bonds. The van der Waals surface area contributed by atoms with E-state index in [0.717, 1.165) is 34.5 Å². The van der Waals surface area contributed by atoms with Crippen LogP contribution in [0.25, 0.3) is 11.3 Å². The lowest BCUT2D eigenvalue weighted by Gasteiger charge is -2.12. The van der Waals surface area contributed by atoms with Crippen LogP contribution in [0.2, 0.25) is 0 Å². The number of aromatic nitrogens is 2. The molecule has 4 aromatic rings. The summed E-state index contributed by atoms with van der Waals surface area (Å²) in [6.07, 6.45) is 5.76. The number of pyridine rings is 2. The Labute approximate surface area is 193 Å². The number of rotatable bonds is 8. The molecule has 0 aliphatic rings.